The Labute approximate surface area is 136 Å². The summed E-state index contributed by atoms with van der Waals surface area (Å²) in [6, 6.07) is 11.4. The van der Waals surface area contributed by atoms with Crippen LogP contribution in [0.15, 0.2) is 42.6 Å². The predicted molar refractivity (Wildman–Crippen MR) is 87.6 cm³/mol. The summed E-state index contributed by atoms with van der Waals surface area (Å²) in [4.78, 5) is 17.9. The second-order valence-corrected chi connectivity index (χ2v) is 5.75. The molecule has 1 N–H and O–H groups in total. The van der Waals surface area contributed by atoms with Crippen LogP contribution in [0.1, 0.15) is 31.5 Å². The van der Waals surface area contributed by atoms with Gasteiger partial charge in [-0.1, -0.05) is 0 Å². The van der Waals surface area contributed by atoms with Gasteiger partial charge < -0.3 is 19.4 Å². The molecule has 1 fully saturated rings. The maximum atomic E-state index is 12.7. The van der Waals surface area contributed by atoms with Crippen LogP contribution in [0.4, 0.5) is 0 Å². The Morgan fingerprint density at radius 2 is 2.00 bits per heavy atom. The SMILES string of the molecule is COc1ccc(O[C@@H](C)C(=O)N2CCC[C@@H]2c2ccc[nH]2)cc1. The van der Waals surface area contributed by atoms with E-state index in [1.165, 1.54) is 0 Å². The van der Waals surface area contributed by atoms with Crippen molar-refractivity contribution < 1.29 is 14.3 Å². The van der Waals surface area contributed by atoms with Gasteiger partial charge in [0.15, 0.2) is 6.10 Å². The van der Waals surface area contributed by atoms with Crippen molar-refractivity contribution in [3.8, 4) is 11.5 Å². The largest absolute Gasteiger partial charge is 0.497 e. The fourth-order valence-electron chi connectivity index (χ4n) is 3.05. The maximum Gasteiger partial charge on any atom is 0.263 e. The molecule has 2 heterocycles. The van der Waals surface area contributed by atoms with E-state index in [0.717, 1.165) is 30.8 Å². The minimum absolute atomic E-state index is 0.0259. The standard InChI is InChI=1S/C18H22N2O3/c1-13(23-15-9-7-14(22-2)8-10-15)18(21)20-12-4-6-17(20)16-5-3-11-19-16/h3,5,7-11,13,17,19H,4,6,12H2,1-2H3/t13-,17+/m0/s1. The molecule has 1 aliphatic rings. The molecule has 0 unspecified atom stereocenters. The summed E-state index contributed by atoms with van der Waals surface area (Å²) in [7, 11) is 1.62. The smallest absolute Gasteiger partial charge is 0.263 e. The molecule has 23 heavy (non-hydrogen) atoms. The molecular weight excluding hydrogens is 292 g/mol. The molecule has 122 valence electrons. The molecule has 1 aromatic carbocycles. The third-order valence-corrected chi connectivity index (χ3v) is 4.24. The monoisotopic (exact) mass is 314 g/mol. The van der Waals surface area contributed by atoms with Gasteiger partial charge in [-0.2, -0.15) is 0 Å². The molecule has 1 saturated heterocycles. The van der Waals surface area contributed by atoms with Gasteiger partial charge in [0, 0.05) is 18.4 Å². The number of hydrogen-bond acceptors (Lipinski definition) is 3. The summed E-state index contributed by atoms with van der Waals surface area (Å²) in [5, 5.41) is 0. The van der Waals surface area contributed by atoms with E-state index in [4.69, 9.17) is 9.47 Å². The van der Waals surface area contributed by atoms with Gasteiger partial charge >= 0.3 is 0 Å². The van der Waals surface area contributed by atoms with Crippen LogP contribution in [0, 0.1) is 0 Å². The third kappa shape index (κ3) is 3.33. The Bertz CT molecular complexity index is 637. The van der Waals surface area contributed by atoms with E-state index in [1.54, 1.807) is 14.0 Å². The lowest BCUT2D eigenvalue weighted by molar-refractivity contribution is -0.139. The second-order valence-electron chi connectivity index (χ2n) is 5.75. The maximum absolute atomic E-state index is 12.7. The van der Waals surface area contributed by atoms with Crippen molar-refractivity contribution in [2.75, 3.05) is 13.7 Å². The van der Waals surface area contributed by atoms with Crippen molar-refractivity contribution in [3.05, 3.63) is 48.3 Å². The first-order chi connectivity index (χ1) is 11.2. The lowest BCUT2D eigenvalue weighted by Crippen LogP contribution is -2.40. The molecule has 0 saturated carbocycles. The molecule has 1 aromatic heterocycles. The quantitative estimate of drug-likeness (QED) is 0.922. The highest BCUT2D eigenvalue weighted by molar-refractivity contribution is 5.81. The van der Waals surface area contributed by atoms with E-state index < -0.39 is 6.10 Å². The molecule has 1 aliphatic heterocycles. The van der Waals surface area contributed by atoms with Crippen molar-refractivity contribution >= 4 is 5.91 Å². The van der Waals surface area contributed by atoms with Crippen LogP contribution < -0.4 is 9.47 Å². The Kier molecular flexibility index (Phi) is 4.55. The molecule has 1 amide bonds. The summed E-state index contributed by atoms with van der Waals surface area (Å²) in [5.74, 6) is 1.46. The first-order valence-electron chi connectivity index (χ1n) is 7.93. The molecule has 5 nitrogen and oxygen atoms in total. The number of benzene rings is 1. The number of aromatic amines is 1. The van der Waals surface area contributed by atoms with Crippen molar-refractivity contribution in [1.29, 1.82) is 0 Å². The normalized spacial score (nSPS) is 18.7. The minimum atomic E-state index is -0.515. The van der Waals surface area contributed by atoms with Crippen molar-refractivity contribution in [3.63, 3.8) is 0 Å². The zero-order valence-electron chi connectivity index (χ0n) is 13.5. The Morgan fingerprint density at radius 3 is 2.65 bits per heavy atom. The lowest BCUT2D eigenvalue weighted by atomic mass is 10.1. The van der Waals surface area contributed by atoms with E-state index >= 15 is 0 Å². The van der Waals surface area contributed by atoms with Gasteiger partial charge in [0.25, 0.3) is 5.91 Å². The molecular formula is C18H22N2O3. The van der Waals surface area contributed by atoms with E-state index in [2.05, 4.69) is 4.98 Å². The Morgan fingerprint density at radius 1 is 1.26 bits per heavy atom. The van der Waals surface area contributed by atoms with Crippen molar-refractivity contribution in [1.82, 2.24) is 9.88 Å². The number of likely N-dealkylation sites (tertiary alicyclic amines) is 1. The van der Waals surface area contributed by atoms with Gasteiger partial charge in [-0.3, -0.25) is 4.79 Å². The first kappa shape index (κ1) is 15.5. The van der Waals surface area contributed by atoms with Gasteiger partial charge in [0.05, 0.1) is 13.2 Å². The number of aromatic nitrogens is 1. The summed E-state index contributed by atoms with van der Waals surface area (Å²) in [5.41, 5.74) is 1.09. The minimum Gasteiger partial charge on any atom is -0.497 e. The third-order valence-electron chi connectivity index (χ3n) is 4.24. The van der Waals surface area contributed by atoms with Crippen LogP contribution in [0.25, 0.3) is 0 Å². The lowest BCUT2D eigenvalue weighted by Gasteiger charge is -2.27. The highest BCUT2D eigenvalue weighted by Gasteiger charge is 2.33. The van der Waals surface area contributed by atoms with Crippen molar-refractivity contribution in [2.24, 2.45) is 0 Å². The molecule has 3 rings (SSSR count). The molecule has 0 radical (unpaired) electrons. The zero-order valence-corrected chi connectivity index (χ0v) is 13.5. The van der Waals surface area contributed by atoms with Crippen LogP contribution in [0.5, 0.6) is 11.5 Å². The second kappa shape index (κ2) is 6.77. The summed E-state index contributed by atoms with van der Waals surface area (Å²) < 4.78 is 10.9. The van der Waals surface area contributed by atoms with Crippen LogP contribution in [-0.4, -0.2) is 35.5 Å². The fraction of sp³-hybridized carbons (Fsp3) is 0.389. The summed E-state index contributed by atoms with van der Waals surface area (Å²) in [6.45, 7) is 2.58. The Hall–Kier alpha value is -2.43. The topological polar surface area (TPSA) is 54.6 Å². The predicted octanol–water partition coefficient (Wildman–Crippen LogP) is 3.15. The van der Waals surface area contributed by atoms with Crippen molar-refractivity contribution in [2.45, 2.75) is 31.9 Å². The Balaban J connectivity index is 1.66. The zero-order chi connectivity index (χ0) is 16.2. The number of nitrogens with zero attached hydrogens (tertiary/aromatic N) is 1. The number of nitrogens with one attached hydrogen (secondary N) is 1. The first-order valence-corrected chi connectivity index (χ1v) is 7.93. The number of amides is 1. The number of carbonyl (C=O) groups excluding carboxylic acids is 1. The van der Waals surface area contributed by atoms with Gasteiger partial charge in [-0.05, 0) is 56.2 Å². The number of H-pyrrole nitrogens is 1. The summed E-state index contributed by atoms with van der Waals surface area (Å²) >= 11 is 0. The van der Waals surface area contributed by atoms with E-state index in [9.17, 15) is 4.79 Å². The molecule has 5 heteroatoms. The molecule has 0 aliphatic carbocycles. The molecule has 0 spiro atoms. The molecule has 2 aromatic rings. The van der Waals surface area contributed by atoms with E-state index in [0.29, 0.717) is 5.75 Å². The van der Waals surface area contributed by atoms with Gasteiger partial charge in [0.1, 0.15) is 11.5 Å². The number of methoxy groups -OCH3 is 1. The van der Waals surface area contributed by atoms with E-state index in [1.807, 2.05) is 47.5 Å². The number of rotatable bonds is 5. The number of hydrogen-bond donors (Lipinski definition) is 1. The highest BCUT2D eigenvalue weighted by atomic mass is 16.5. The van der Waals surface area contributed by atoms with Gasteiger partial charge in [-0.15, -0.1) is 0 Å². The fourth-order valence-corrected chi connectivity index (χ4v) is 3.05. The number of carbonyl (C=O) groups is 1. The van der Waals surface area contributed by atoms with Gasteiger partial charge in [-0.25, -0.2) is 0 Å². The average molecular weight is 314 g/mol. The van der Waals surface area contributed by atoms with Crippen LogP contribution >= 0.6 is 0 Å². The van der Waals surface area contributed by atoms with E-state index in [-0.39, 0.29) is 11.9 Å². The van der Waals surface area contributed by atoms with Crippen LogP contribution in [0.2, 0.25) is 0 Å². The molecule has 2 atom stereocenters. The average Bonchev–Trinajstić information content (AvgIpc) is 3.25. The van der Waals surface area contributed by atoms with Gasteiger partial charge in [0.2, 0.25) is 0 Å². The highest BCUT2D eigenvalue weighted by Crippen LogP contribution is 2.31. The van der Waals surface area contributed by atoms with Crippen LogP contribution in [-0.2, 0) is 4.79 Å². The number of ether oxygens (including phenoxy) is 2. The summed E-state index contributed by atoms with van der Waals surface area (Å²) in [6.07, 6.45) is 3.39. The van der Waals surface area contributed by atoms with Crippen LogP contribution in [0.3, 0.4) is 0 Å². The molecule has 0 bridgehead atoms.